The Kier molecular flexibility index (Phi) is 6.32. The number of hydrogen-bond acceptors (Lipinski definition) is 4. The zero-order chi connectivity index (χ0) is 21.8. The summed E-state index contributed by atoms with van der Waals surface area (Å²) in [5.41, 5.74) is 3.55. The molecule has 31 heavy (non-hydrogen) atoms. The Hall–Kier alpha value is -3.19. The zero-order valence-electron chi connectivity index (χ0n) is 17.9. The minimum atomic E-state index is -0.408. The van der Waals surface area contributed by atoms with Crippen molar-refractivity contribution in [2.45, 2.75) is 51.8 Å². The fourth-order valence-corrected chi connectivity index (χ4v) is 4.03. The van der Waals surface area contributed by atoms with Gasteiger partial charge in [-0.1, -0.05) is 37.3 Å². The van der Waals surface area contributed by atoms with Crippen molar-refractivity contribution in [1.82, 2.24) is 14.9 Å². The molecule has 1 aromatic heterocycles. The molecule has 0 spiro atoms. The highest BCUT2D eigenvalue weighted by atomic mass is 16.5. The first-order valence-electron chi connectivity index (χ1n) is 10.8. The molecular formula is C24H28N4O3. The Labute approximate surface area is 181 Å². The fraction of sp³-hybridized carbons (Fsp3) is 0.375. The third-order valence-corrected chi connectivity index (χ3v) is 5.63. The van der Waals surface area contributed by atoms with Gasteiger partial charge in [-0.3, -0.25) is 9.59 Å². The number of benzene rings is 2. The van der Waals surface area contributed by atoms with E-state index in [0.29, 0.717) is 12.4 Å². The number of hydrogen-bond donors (Lipinski definition) is 2. The predicted molar refractivity (Wildman–Crippen MR) is 120 cm³/mol. The molecule has 1 saturated heterocycles. The number of imidazole rings is 1. The van der Waals surface area contributed by atoms with E-state index in [9.17, 15) is 9.59 Å². The summed E-state index contributed by atoms with van der Waals surface area (Å²) in [6.45, 7) is 4.66. The molecule has 2 heterocycles. The van der Waals surface area contributed by atoms with Gasteiger partial charge in [0.2, 0.25) is 11.8 Å². The van der Waals surface area contributed by atoms with E-state index in [0.717, 1.165) is 41.5 Å². The van der Waals surface area contributed by atoms with Crippen LogP contribution in [0, 0.1) is 0 Å². The van der Waals surface area contributed by atoms with Gasteiger partial charge in [0.05, 0.1) is 17.1 Å². The fourth-order valence-electron chi connectivity index (χ4n) is 4.03. The second-order valence-electron chi connectivity index (χ2n) is 7.84. The number of aromatic nitrogens is 2. The maximum Gasteiger partial charge on any atom is 0.249 e. The number of nitrogens with one attached hydrogen (secondary N) is 2. The van der Waals surface area contributed by atoms with Crippen molar-refractivity contribution in [3.05, 3.63) is 59.9 Å². The predicted octanol–water partition coefficient (Wildman–Crippen LogP) is 3.59. The van der Waals surface area contributed by atoms with E-state index in [1.54, 1.807) is 0 Å². The SMILES string of the molecule is CCc1ccccc1NC(=O)Cn1c(C(C)NC(=O)C2CCCO2)nc2ccccc21. The van der Waals surface area contributed by atoms with Crippen LogP contribution in [0.1, 0.15) is 44.1 Å². The van der Waals surface area contributed by atoms with Crippen LogP contribution in [0.15, 0.2) is 48.5 Å². The summed E-state index contributed by atoms with van der Waals surface area (Å²) in [6, 6.07) is 15.1. The largest absolute Gasteiger partial charge is 0.368 e. The van der Waals surface area contributed by atoms with E-state index in [4.69, 9.17) is 9.72 Å². The van der Waals surface area contributed by atoms with Gasteiger partial charge in [-0.25, -0.2) is 4.98 Å². The number of amides is 2. The van der Waals surface area contributed by atoms with Crippen molar-refractivity contribution in [2.75, 3.05) is 11.9 Å². The van der Waals surface area contributed by atoms with Crippen LogP contribution in [-0.2, 0) is 27.3 Å². The van der Waals surface area contributed by atoms with Gasteiger partial charge in [0.15, 0.2) is 0 Å². The van der Waals surface area contributed by atoms with E-state index in [1.165, 1.54) is 0 Å². The molecule has 2 unspecified atom stereocenters. The molecule has 162 valence electrons. The van der Waals surface area contributed by atoms with Crippen LogP contribution in [0.3, 0.4) is 0 Å². The van der Waals surface area contributed by atoms with E-state index in [1.807, 2.05) is 60.0 Å². The highest BCUT2D eigenvalue weighted by Gasteiger charge is 2.27. The Bertz CT molecular complexity index is 1090. The first-order chi connectivity index (χ1) is 15.1. The number of fused-ring (bicyclic) bond motifs is 1. The van der Waals surface area contributed by atoms with E-state index in [2.05, 4.69) is 17.6 Å². The van der Waals surface area contributed by atoms with Crippen molar-refractivity contribution < 1.29 is 14.3 Å². The molecule has 2 amide bonds. The monoisotopic (exact) mass is 420 g/mol. The summed E-state index contributed by atoms with van der Waals surface area (Å²) >= 11 is 0. The van der Waals surface area contributed by atoms with Gasteiger partial charge in [-0.05, 0) is 49.9 Å². The Morgan fingerprint density at radius 1 is 1.19 bits per heavy atom. The molecule has 7 heteroatoms. The van der Waals surface area contributed by atoms with Crippen molar-refractivity contribution >= 4 is 28.5 Å². The third kappa shape index (κ3) is 4.61. The summed E-state index contributed by atoms with van der Waals surface area (Å²) in [6.07, 6.45) is 2.05. The van der Waals surface area contributed by atoms with Gasteiger partial charge in [0.1, 0.15) is 18.5 Å². The molecule has 0 saturated carbocycles. The lowest BCUT2D eigenvalue weighted by atomic mass is 10.1. The van der Waals surface area contributed by atoms with Crippen LogP contribution in [0.4, 0.5) is 5.69 Å². The molecule has 2 N–H and O–H groups in total. The highest BCUT2D eigenvalue weighted by Crippen LogP contribution is 2.23. The molecule has 1 fully saturated rings. The molecule has 7 nitrogen and oxygen atoms in total. The maximum atomic E-state index is 12.9. The van der Waals surface area contributed by atoms with Crippen LogP contribution >= 0.6 is 0 Å². The van der Waals surface area contributed by atoms with Crippen LogP contribution in [0.5, 0.6) is 0 Å². The topological polar surface area (TPSA) is 85.2 Å². The van der Waals surface area contributed by atoms with Gasteiger partial charge in [0, 0.05) is 12.3 Å². The number of anilines is 1. The molecule has 2 atom stereocenters. The molecule has 1 aliphatic rings. The summed E-state index contributed by atoms with van der Waals surface area (Å²) in [7, 11) is 0. The molecule has 4 rings (SSSR count). The summed E-state index contributed by atoms with van der Waals surface area (Å²) in [5, 5.41) is 6.02. The summed E-state index contributed by atoms with van der Waals surface area (Å²) in [4.78, 5) is 30.2. The molecular weight excluding hydrogens is 392 g/mol. The first kappa shape index (κ1) is 21.1. The first-order valence-corrected chi connectivity index (χ1v) is 10.8. The van der Waals surface area contributed by atoms with Crippen LogP contribution in [-0.4, -0.2) is 34.1 Å². The number of rotatable bonds is 7. The number of ether oxygens (including phenoxy) is 1. The minimum absolute atomic E-state index is 0.105. The number of nitrogens with zero attached hydrogens (tertiary/aromatic N) is 2. The Morgan fingerprint density at radius 2 is 1.97 bits per heavy atom. The summed E-state index contributed by atoms with van der Waals surface area (Å²) in [5.74, 6) is 0.374. The van der Waals surface area contributed by atoms with Crippen LogP contribution in [0.25, 0.3) is 11.0 Å². The molecule has 3 aromatic rings. The maximum absolute atomic E-state index is 12.9. The van der Waals surface area contributed by atoms with Crippen molar-refractivity contribution in [3.8, 4) is 0 Å². The average Bonchev–Trinajstić information content (AvgIpc) is 3.43. The number of aryl methyl sites for hydroxylation is 1. The molecule has 0 radical (unpaired) electrons. The van der Waals surface area contributed by atoms with E-state index < -0.39 is 6.10 Å². The molecule has 1 aliphatic heterocycles. The van der Waals surface area contributed by atoms with Gasteiger partial charge < -0.3 is 19.9 Å². The molecule has 2 aromatic carbocycles. The lowest BCUT2D eigenvalue weighted by molar-refractivity contribution is -0.130. The lowest BCUT2D eigenvalue weighted by Crippen LogP contribution is -2.37. The standard InChI is InChI=1S/C24H28N4O3/c1-3-17-9-4-5-10-18(17)26-22(29)15-28-20-12-7-6-11-19(20)27-23(28)16(2)25-24(30)21-13-8-14-31-21/h4-7,9-12,16,21H,3,8,13-15H2,1-2H3,(H,25,30)(H,26,29). The number of carbonyl (C=O) groups excluding carboxylic acids is 2. The second kappa shape index (κ2) is 9.31. The smallest absolute Gasteiger partial charge is 0.249 e. The number of para-hydroxylation sites is 3. The van der Waals surface area contributed by atoms with Gasteiger partial charge >= 0.3 is 0 Å². The minimum Gasteiger partial charge on any atom is -0.368 e. The molecule has 0 bridgehead atoms. The molecule has 0 aliphatic carbocycles. The van der Waals surface area contributed by atoms with Crippen molar-refractivity contribution in [1.29, 1.82) is 0 Å². The van der Waals surface area contributed by atoms with Crippen LogP contribution in [0.2, 0.25) is 0 Å². The Balaban J connectivity index is 1.57. The highest BCUT2D eigenvalue weighted by molar-refractivity contribution is 5.92. The quantitative estimate of drug-likeness (QED) is 0.612. The van der Waals surface area contributed by atoms with Gasteiger partial charge in [-0.2, -0.15) is 0 Å². The second-order valence-corrected chi connectivity index (χ2v) is 7.84. The Morgan fingerprint density at radius 3 is 2.74 bits per heavy atom. The van der Waals surface area contributed by atoms with E-state index in [-0.39, 0.29) is 24.4 Å². The van der Waals surface area contributed by atoms with Gasteiger partial charge in [0.25, 0.3) is 0 Å². The van der Waals surface area contributed by atoms with E-state index >= 15 is 0 Å². The normalized spacial score (nSPS) is 16.9. The van der Waals surface area contributed by atoms with Crippen LogP contribution < -0.4 is 10.6 Å². The van der Waals surface area contributed by atoms with Gasteiger partial charge in [-0.15, -0.1) is 0 Å². The lowest BCUT2D eigenvalue weighted by Gasteiger charge is -2.18. The van der Waals surface area contributed by atoms with Crippen molar-refractivity contribution in [3.63, 3.8) is 0 Å². The average molecular weight is 421 g/mol. The van der Waals surface area contributed by atoms with Crippen molar-refractivity contribution in [2.24, 2.45) is 0 Å². The zero-order valence-corrected chi connectivity index (χ0v) is 17.9. The number of carbonyl (C=O) groups is 2. The third-order valence-electron chi connectivity index (χ3n) is 5.63. The summed E-state index contributed by atoms with van der Waals surface area (Å²) < 4.78 is 7.36.